The molecular formula is C23H21N. The van der Waals surface area contributed by atoms with Gasteiger partial charge in [0.1, 0.15) is 0 Å². The van der Waals surface area contributed by atoms with Crippen LogP contribution < -0.4 is 4.90 Å². The maximum absolute atomic E-state index is 5.48. The largest absolute Gasteiger partial charge is 0.311 e. The molecule has 0 saturated heterocycles. The zero-order chi connectivity index (χ0) is 16.9. The molecule has 0 unspecified atom stereocenters. The van der Waals surface area contributed by atoms with Gasteiger partial charge in [0.15, 0.2) is 0 Å². The summed E-state index contributed by atoms with van der Waals surface area (Å²) in [5.41, 5.74) is 6.86. The molecule has 1 nitrogen and oxygen atoms in total. The number of rotatable bonds is 4. The van der Waals surface area contributed by atoms with Crippen LogP contribution in [0.2, 0.25) is 0 Å². The highest BCUT2D eigenvalue weighted by Crippen LogP contribution is 2.34. The molecule has 3 aromatic carbocycles. The van der Waals surface area contributed by atoms with Gasteiger partial charge in [-0.15, -0.1) is 6.42 Å². The SMILES string of the molecule is C#Cc1ccc(N(c2ccc(C)cc2)c2ccc(CC)cc2)cc1. The molecule has 0 atom stereocenters. The van der Waals surface area contributed by atoms with Gasteiger partial charge in [-0.2, -0.15) is 0 Å². The van der Waals surface area contributed by atoms with Crippen LogP contribution in [0.5, 0.6) is 0 Å². The Morgan fingerprint density at radius 3 is 1.67 bits per heavy atom. The fourth-order valence-corrected chi connectivity index (χ4v) is 2.73. The van der Waals surface area contributed by atoms with Gasteiger partial charge < -0.3 is 4.90 Å². The molecule has 0 bridgehead atoms. The minimum absolute atomic E-state index is 0.893. The van der Waals surface area contributed by atoms with Crippen molar-refractivity contribution in [2.75, 3.05) is 4.90 Å². The van der Waals surface area contributed by atoms with Crippen molar-refractivity contribution >= 4 is 17.1 Å². The maximum atomic E-state index is 5.48. The number of hydrogen-bond acceptors (Lipinski definition) is 1. The fourth-order valence-electron chi connectivity index (χ4n) is 2.73. The molecule has 0 spiro atoms. The molecule has 1 heteroatoms. The summed E-state index contributed by atoms with van der Waals surface area (Å²) in [5.74, 6) is 2.68. The third kappa shape index (κ3) is 3.34. The van der Waals surface area contributed by atoms with E-state index in [1.807, 2.05) is 12.1 Å². The lowest BCUT2D eigenvalue weighted by Crippen LogP contribution is -2.10. The third-order valence-corrected chi connectivity index (χ3v) is 4.19. The molecule has 0 N–H and O–H groups in total. The van der Waals surface area contributed by atoms with Gasteiger partial charge in [-0.05, 0) is 67.4 Å². The molecule has 3 rings (SSSR count). The first kappa shape index (κ1) is 15.9. The number of terminal acetylenes is 1. The van der Waals surface area contributed by atoms with Crippen LogP contribution in [0.3, 0.4) is 0 Å². The van der Waals surface area contributed by atoms with Gasteiger partial charge in [0, 0.05) is 22.6 Å². The third-order valence-electron chi connectivity index (χ3n) is 4.19. The van der Waals surface area contributed by atoms with E-state index >= 15 is 0 Å². The van der Waals surface area contributed by atoms with E-state index in [0.717, 1.165) is 29.0 Å². The number of nitrogens with zero attached hydrogens (tertiary/aromatic N) is 1. The average Bonchev–Trinajstić information content (AvgIpc) is 2.64. The first-order valence-electron chi connectivity index (χ1n) is 8.23. The molecule has 0 aliphatic heterocycles. The number of benzene rings is 3. The quantitative estimate of drug-likeness (QED) is 0.533. The Morgan fingerprint density at radius 1 is 0.750 bits per heavy atom. The molecule has 0 fully saturated rings. The highest BCUT2D eigenvalue weighted by Gasteiger charge is 2.12. The number of aryl methyl sites for hydroxylation is 2. The van der Waals surface area contributed by atoms with Gasteiger partial charge in [0.2, 0.25) is 0 Å². The molecule has 118 valence electrons. The van der Waals surface area contributed by atoms with Gasteiger partial charge in [-0.3, -0.25) is 0 Å². The Labute approximate surface area is 144 Å². The Hall–Kier alpha value is -2.98. The van der Waals surface area contributed by atoms with Crippen LogP contribution in [0.1, 0.15) is 23.6 Å². The van der Waals surface area contributed by atoms with Crippen molar-refractivity contribution < 1.29 is 0 Å². The lowest BCUT2D eigenvalue weighted by Gasteiger charge is -2.25. The summed E-state index contributed by atoms with van der Waals surface area (Å²) in [5, 5.41) is 0. The molecule has 0 aliphatic rings. The number of hydrogen-bond donors (Lipinski definition) is 0. The Bertz CT molecular complexity index is 835. The molecule has 0 heterocycles. The molecule has 0 saturated carbocycles. The van der Waals surface area contributed by atoms with E-state index < -0.39 is 0 Å². The maximum Gasteiger partial charge on any atom is 0.0462 e. The molecular weight excluding hydrogens is 290 g/mol. The summed E-state index contributed by atoms with van der Waals surface area (Å²) >= 11 is 0. The highest BCUT2D eigenvalue weighted by atomic mass is 15.1. The van der Waals surface area contributed by atoms with Crippen LogP contribution in [0.25, 0.3) is 0 Å². The second kappa shape index (κ2) is 7.06. The monoisotopic (exact) mass is 311 g/mol. The van der Waals surface area contributed by atoms with Crippen LogP contribution in [0.4, 0.5) is 17.1 Å². The van der Waals surface area contributed by atoms with E-state index in [9.17, 15) is 0 Å². The van der Waals surface area contributed by atoms with Gasteiger partial charge in [0.25, 0.3) is 0 Å². The summed E-state index contributed by atoms with van der Waals surface area (Å²) in [6, 6.07) is 25.4. The van der Waals surface area contributed by atoms with E-state index in [1.54, 1.807) is 0 Å². The molecule has 24 heavy (non-hydrogen) atoms. The fraction of sp³-hybridized carbons (Fsp3) is 0.130. The van der Waals surface area contributed by atoms with Crippen molar-refractivity contribution in [3.8, 4) is 12.3 Å². The Balaban J connectivity index is 2.08. The molecule has 0 aromatic heterocycles. The van der Waals surface area contributed by atoms with E-state index in [0.29, 0.717) is 0 Å². The van der Waals surface area contributed by atoms with Crippen molar-refractivity contribution in [3.05, 3.63) is 89.5 Å². The molecule has 0 radical (unpaired) electrons. The van der Waals surface area contributed by atoms with Crippen molar-refractivity contribution in [2.24, 2.45) is 0 Å². The van der Waals surface area contributed by atoms with Crippen molar-refractivity contribution in [2.45, 2.75) is 20.3 Å². The average molecular weight is 311 g/mol. The predicted molar refractivity (Wildman–Crippen MR) is 103 cm³/mol. The van der Waals surface area contributed by atoms with Gasteiger partial charge in [0.05, 0.1) is 0 Å². The first-order valence-corrected chi connectivity index (χ1v) is 8.23. The van der Waals surface area contributed by atoms with Crippen molar-refractivity contribution in [3.63, 3.8) is 0 Å². The lowest BCUT2D eigenvalue weighted by atomic mass is 10.1. The topological polar surface area (TPSA) is 3.24 Å². The van der Waals surface area contributed by atoms with Gasteiger partial charge in [-0.1, -0.05) is 42.7 Å². The second-order valence-electron chi connectivity index (χ2n) is 5.88. The van der Waals surface area contributed by atoms with E-state index in [-0.39, 0.29) is 0 Å². The molecule has 0 aliphatic carbocycles. The predicted octanol–water partition coefficient (Wildman–Crippen LogP) is 6.01. The molecule has 0 amide bonds. The minimum atomic E-state index is 0.893. The Morgan fingerprint density at radius 2 is 1.21 bits per heavy atom. The van der Waals surface area contributed by atoms with Gasteiger partial charge >= 0.3 is 0 Å². The summed E-state index contributed by atoms with van der Waals surface area (Å²) in [6.45, 7) is 4.27. The Kier molecular flexibility index (Phi) is 4.68. The van der Waals surface area contributed by atoms with Crippen LogP contribution in [0.15, 0.2) is 72.8 Å². The highest BCUT2D eigenvalue weighted by molar-refractivity contribution is 5.76. The van der Waals surface area contributed by atoms with E-state index in [1.165, 1.54) is 11.1 Å². The van der Waals surface area contributed by atoms with Crippen LogP contribution in [-0.4, -0.2) is 0 Å². The van der Waals surface area contributed by atoms with Crippen LogP contribution >= 0.6 is 0 Å². The standard InChI is InChI=1S/C23H21N/c1-4-19-8-14-22(15-9-19)24(21-12-6-18(3)7-13-21)23-16-10-20(5-2)11-17-23/h1,6-17H,5H2,2-3H3. The smallest absolute Gasteiger partial charge is 0.0462 e. The normalized spacial score (nSPS) is 10.2. The second-order valence-corrected chi connectivity index (χ2v) is 5.88. The van der Waals surface area contributed by atoms with E-state index in [2.05, 4.69) is 85.3 Å². The van der Waals surface area contributed by atoms with Crippen molar-refractivity contribution in [1.82, 2.24) is 0 Å². The zero-order valence-electron chi connectivity index (χ0n) is 14.2. The van der Waals surface area contributed by atoms with E-state index in [4.69, 9.17) is 6.42 Å². The van der Waals surface area contributed by atoms with Crippen LogP contribution in [-0.2, 0) is 6.42 Å². The molecule has 3 aromatic rings. The number of anilines is 3. The van der Waals surface area contributed by atoms with Crippen LogP contribution in [0, 0.1) is 19.3 Å². The summed E-state index contributed by atoms with van der Waals surface area (Å²) in [4.78, 5) is 2.25. The first-order chi connectivity index (χ1) is 11.7. The summed E-state index contributed by atoms with van der Waals surface area (Å²) < 4.78 is 0. The summed E-state index contributed by atoms with van der Waals surface area (Å²) in [6.07, 6.45) is 6.53. The lowest BCUT2D eigenvalue weighted by molar-refractivity contribution is 1.14. The van der Waals surface area contributed by atoms with Crippen molar-refractivity contribution in [1.29, 1.82) is 0 Å². The summed E-state index contributed by atoms with van der Waals surface area (Å²) in [7, 11) is 0. The minimum Gasteiger partial charge on any atom is -0.311 e. The van der Waals surface area contributed by atoms with Gasteiger partial charge in [-0.25, -0.2) is 0 Å². The zero-order valence-corrected chi connectivity index (χ0v) is 14.2.